The number of nitrogens with one attached hydrogen (secondary N) is 2. The molecular formula is C24H25BrN2O2. The van der Waals surface area contributed by atoms with Gasteiger partial charge in [0.25, 0.3) is 5.91 Å². The molecule has 0 saturated heterocycles. The molecule has 0 unspecified atom stereocenters. The summed E-state index contributed by atoms with van der Waals surface area (Å²) >= 11 is 3.53. The van der Waals surface area contributed by atoms with Crippen molar-refractivity contribution in [2.45, 2.75) is 26.8 Å². The lowest BCUT2D eigenvalue weighted by Crippen LogP contribution is -2.20. The first kappa shape index (κ1) is 20.9. The van der Waals surface area contributed by atoms with E-state index in [1.54, 1.807) is 0 Å². The van der Waals surface area contributed by atoms with Crippen LogP contribution < -0.4 is 15.4 Å². The molecule has 0 heterocycles. The molecule has 150 valence electrons. The Morgan fingerprint density at radius 3 is 2.41 bits per heavy atom. The fourth-order valence-electron chi connectivity index (χ4n) is 2.90. The molecule has 0 aliphatic heterocycles. The molecule has 0 spiro atoms. The molecule has 2 N–H and O–H groups in total. The maximum atomic E-state index is 12.1. The van der Waals surface area contributed by atoms with Gasteiger partial charge < -0.3 is 15.4 Å². The molecule has 1 amide bonds. The Balaban J connectivity index is 1.51. The van der Waals surface area contributed by atoms with Gasteiger partial charge in [-0.2, -0.15) is 0 Å². The molecule has 0 saturated carbocycles. The van der Waals surface area contributed by atoms with E-state index >= 15 is 0 Å². The Morgan fingerprint density at radius 1 is 0.966 bits per heavy atom. The van der Waals surface area contributed by atoms with Gasteiger partial charge in [0.2, 0.25) is 0 Å². The number of halogens is 1. The van der Waals surface area contributed by atoms with Crippen LogP contribution in [-0.2, 0) is 17.8 Å². The lowest BCUT2D eigenvalue weighted by atomic mass is 10.1. The van der Waals surface area contributed by atoms with Crippen molar-refractivity contribution in [3.05, 3.63) is 87.9 Å². The predicted molar refractivity (Wildman–Crippen MR) is 123 cm³/mol. The van der Waals surface area contributed by atoms with Crippen LogP contribution in [0.3, 0.4) is 0 Å². The summed E-state index contributed by atoms with van der Waals surface area (Å²) < 4.78 is 6.49. The normalized spacial score (nSPS) is 10.4. The molecule has 0 aliphatic carbocycles. The maximum Gasteiger partial charge on any atom is 0.262 e. The van der Waals surface area contributed by atoms with Gasteiger partial charge in [-0.3, -0.25) is 4.79 Å². The Hall–Kier alpha value is -2.79. The summed E-state index contributed by atoms with van der Waals surface area (Å²) in [5, 5.41) is 6.26. The predicted octanol–water partition coefficient (Wildman–Crippen LogP) is 5.95. The van der Waals surface area contributed by atoms with E-state index < -0.39 is 0 Å². The van der Waals surface area contributed by atoms with E-state index in [1.807, 2.05) is 49.4 Å². The van der Waals surface area contributed by atoms with E-state index in [4.69, 9.17) is 4.74 Å². The van der Waals surface area contributed by atoms with Crippen LogP contribution in [0.5, 0.6) is 5.75 Å². The topological polar surface area (TPSA) is 50.4 Å². The molecular weight excluding hydrogens is 428 g/mol. The number of benzene rings is 3. The highest BCUT2D eigenvalue weighted by Gasteiger charge is 2.07. The first-order chi connectivity index (χ1) is 14.0. The zero-order valence-corrected chi connectivity index (χ0v) is 18.3. The van der Waals surface area contributed by atoms with Gasteiger partial charge in [-0.25, -0.2) is 0 Å². The van der Waals surface area contributed by atoms with Crippen molar-refractivity contribution >= 4 is 33.2 Å². The zero-order valence-electron chi connectivity index (χ0n) is 16.7. The Bertz CT molecular complexity index is 971. The highest BCUT2D eigenvalue weighted by atomic mass is 79.9. The van der Waals surface area contributed by atoms with Crippen LogP contribution in [0, 0.1) is 6.92 Å². The monoisotopic (exact) mass is 452 g/mol. The van der Waals surface area contributed by atoms with E-state index in [0.29, 0.717) is 12.3 Å². The van der Waals surface area contributed by atoms with Crippen molar-refractivity contribution in [3.63, 3.8) is 0 Å². The SMILES string of the molecule is CCc1ccc(NCc2ccc(OCC(=O)Nc3cccc(C)c3)c(Br)c2)cc1. The van der Waals surface area contributed by atoms with E-state index in [0.717, 1.165) is 33.4 Å². The molecule has 4 nitrogen and oxygen atoms in total. The summed E-state index contributed by atoms with van der Waals surface area (Å²) in [6, 6.07) is 22.0. The number of ether oxygens (including phenoxy) is 1. The minimum absolute atomic E-state index is 0.0477. The highest BCUT2D eigenvalue weighted by molar-refractivity contribution is 9.10. The van der Waals surface area contributed by atoms with Crippen molar-refractivity contribution in [2.24, 2.45) is 0 Å². The van der Waals surface area contributed by atoms with E-state index in [1.165, 1.54) is 5.56 Å². The number of aryl methyl sites for hydroxylation is 2. The number of carbonyl (C=O) groups excluding carboxylic acids is 1. The largest absolute Gasteiger partial charge is 0.483 e. The fraction of sp³-hybridized carbons (Fsp3) is 0.208. The van der Waals surface area contributed by atoms with Crippen LogP contribution >= 0.6 is 15.9 Å². The summed E-state index contributed by atoms with van der Waals surface area (Å²) in [4.78, 5) is 12.1. The Labute approximate surface area is 180 Å². The lowest BCUT2D eigenvalue weighted by Gasteiger charge is -2.12. The smallest absolute Gasteiger partial charge is 0.262 e. The van der Waals surface area contributed by atoms with Gasteiger partial charge in [-0.15, -0.1) is 0 Å². The number of rotatable bonds is 8. The quantitative estimate of drug-likeness (QED) is 0.443. The Morgan fingerprint density at radius 2 is 1.72 bits per heavy atom. The third kappa shape index (κ3) is 6.36. The van der Waals surface area contributed by atoms with Gasteiger partial charge in [-0.1, -0.05) is 37.3 Å². The second kappa shape index (κ2) is 10.1. The van der Waals surface area contributed by atoms with Crippen molar-refractivity contribution < 1.29 is 9.53 Å². The average molecular weight is 453 g/mol. The number of hydrogen-bond acceptors (Lipinski definition) is 3. The first-order valence-electron chi connectivity index (χ1n) is 9.64. The van der Waals surface area contributed by atoms with Crippen molar-refractivity contribution in [3.8, 4) is 5.75 Å². The van der Waals surface area contributed by atoms with Crippen LogP contribution in [-0.4, -0.2) is 12.5 Å². The second-order valence-corrected chi connectivity index (χ2v) is 7.73. The summed E-state index contributed by atoms with van der Waals surface area (Å²) in [6.07, 6.45) is 1.04. The van der Waals surface area contributed by atoms with E-state index in [9.17, 15) is 4.79 Å². The van der Waals surface area contributed by atoms with Crippen LogP contribution in [0.15, 0.2) is 71.2 Å². The first-order valence-corrected chi connectivity index (χ1v) is 10.4. The summed E-state index contributed by atoms with van der Waals surface area (Å²) in [5.74, 6) is 0.448. The molecule has 3 aromatic rings. The molecule has 0 radical (unpaired) electrons. The van der Waals surface area contributed by atoms with Gasteiger partial charge >= 0.3 is 0 Å². The van der Waals surface area contributed by atoms with Gasteiger partial charge in [0.15, 0.2) is 6.61 Å². The Kier molecular flexibility index (Phi) is 7.30. The molecule has 5 heteroatoms. The molecule has 3 rings (SSSR count). The third-order valence-corrected chi connectivity index (χ3v) is 5.14. The van der Waals surface area contributed by atoms with Gasteiger partial charge in [0, 0.05) is 17.9 Å². The van der Waals surface area contributed by atoms with Crippen LogP contribution in [0.4, 0.5) is 11.4 Å². The van der Waals surface area contributed by atoms with E-state index in [-0.39, 0.29) is 12.5 Å². The van der Waals surface area contributed by atoms with Gasteiger partial charge in [-0.05, 0) is 82.4 Å². The van der Waals surface area contributed by atoms with Gasteiger partial charge in [0.1, 0.15) is 5.75 Å². The molecule has 0 aromatic heterocycles. The lowest BCUT2D eigenvalue weighted by molar-refractivity contribution is -0.118. The molecule has 0 fully saturated rings. The summed E-state index contributed by atoms with van der Waals surface area (Å²) in [6.45, 7) is 4.79. The number of carbonyl (C=O) groups is 1. The molecule has 3 aromatic carbocycles. The number of hydrogen-bond donors (Lipinski definition) is 2. The maximum absolute atomic E-state index is 12.1. The molecule has 29 heavy (non-hydrogen) atoms. The standard InChI is InChI=1S/C24H25BrN2O2/c1-3-18-7-10-20(11-8-18)26-15-19-9-12-23(22(25)14-19)29-16-24(28)27-21-6-4-5-17(2)13-21/h4-14,26H,3,15-16H2,1-2H3,(H,27,28). The number of anilines is 2. The minimum Gasteiger partial charge on any atom is -0.483 e. The summed E-state index contributed by atoms with van der Waals surface area (Å²) in [7, 11) is 0. The van der Waals surface area contributed by atoms with Crippen molar-refractivity contribution in [1.82, 2.24) is 0 Å². The van der Waals surface area contributed by atoms with Crippen LogP contribution in [0.25, 0.3) is 0 Å². The van der Waals surface area contributed by atoms with E-state index in [2.05, 4.69) is 57.8 Å². The fourth-order valence-corrected chi connectivity index (χ4v) is 3.44. The molecule has 0 bridgehead atoms. The van der Waals surface area contributed by atoms with Crippen LogP contribution in [0.1, 0.15) is 23.6 Å². The molecule has 0 atom stereocenters. The number of amides is 1. The highest BCUT2D eigenvalue weighted by Crippen LogP contribution is 2.26. The third-order valence-electron chi connectivity index (χ3n) is 4.52. The average Bonchev–Trinajstić information content (AvgIpc) is 2.72. The van der Waals surface area contributed by atoms with Crippen molar-refractivity contribution in [2.75, 3.05) is 17.2 Å². The van der Waals surface area contributed by atoms with Crippen LogP contribution in [0.2, 0.25) is 0 Å². The summed E-state index contributed by atoms with van der Waals surface area (Å²) in [5.41, 5.74) is 5.40. The second-order valence-electron chi connectivity index (χ2n) is 6.88. The van der Waals surface area contributed by atoms with Crippen molar-refractivity contribution in [1.29, 1.82) is 0 Å². The van der Waals surface area contributed by atoms with Gasteiger partial charge in [0.05, 0.1) is 4.47 Å². The molecule has 0 aliphatic rings. The minimum atomic E-state index is -0.191. The zero-order chi connectivity index (χ0) is 20.6.